The highest BCUT2D eigenvalue weighted by molar-refractivity contribution is 5.94. The molecule has 4 heterocycles. The van der Waals surface area contributed by atoms with Gasteiger partial charge >= 0.3 is 0 Å². The number of pyridine rings is 1. The molecule has 1 spiro atoms. The van der Waals surface area contributed by atoms with Gasteiger partial charge in [-0.05, 0) is 50.6 Å². The van der Waals surface area contributed by atoms with Crippen LogP contribution in [0.4, 0.5) is 4.39 Å². The second-order valence-corrected chi connectivity index (χ2v) is 7.28. The monoisotopic (exact) mass is 359 g/mol. The molecule has 0 aliphatic carbocycles. The number of piperidine rings is 1. The van der Waals surface area contributed by atoms with Gasteiger partial charge < -0.3 is 14.1 Å². The van der Waals surface area contributed by atoms with Crippen LogP contribution in [0.3, 0.4) is 0 Å². The highest BCUT2D eigenvalue weighted by Gasteiger charge is 2.51. The van der Waals surface area contributed by atoms with Gasteiger partial charge in [-0.15, -0.1) is 0 Å². The Bertz CT molecular complexity index is 774. The molecule has 0 bridgehead atoms. The zero-order valence-corrected chi connectivity index (χ0v) is 14.7. The molecule has 0 unspecified atom stereocenters. The molecule has 0 N–H and O–H groups in total. The third-order valence-corrected chi connectivity index (χ3v) is 5.56. The molecule has 0 saturated carbocycles. The molecule has 26 heavy (non-hydrogen) atoms. The molecular weight excluding hydrogens is 337 g/mol. The predicted octanol–water partition coefficient (Wildman–Crippen LogP) is 2.43. The van der Waals surface area contributed by atoms with Crippen molar-refractivity contribution in [3.05, 3.63) is 48.3 Å². The van der Waals surface area contributed by atoms with Crippen molar-refractivity contribution in [2.75, 3.05) is 33.3 Å². The van der Waals surface area contributed by atoms with Gasteiger partial charge in [0.15, 0.2) is 5.82 Å². The number of hydrogen-bond acceptors (Lipinski definition) is 5. The summed E-state index contributed by atoms with van der Waals surface area (Å²) in [5.74, 6) is -0.0491. The molecule has 2 aliphatic rings. The van der Waals surface area contributed by atoms with Crippen molar-refractivity contribution in [3.63, 3.8) is 0 Å². The largest absolute Gasteiger partial charge is 0.475 e. The van der Waals surface area contributed by atoms with E-state index in [9.17, 15) is 9.18 Å². The van der Waals surface area contributed by atoms with E-state index >= 15 is 0 Å². The lowest BCUT2D eigenvalue weighted by molar-refractivity contribution is -0.0697. The molecule has 2 saturated heterocycles. The standard InChI is InChI=1S/C19H22FN3O3/c1-22-7-4-14(10-26-17-16(20)3-2-6-21-17)9-19(22)12-23(13-19)18(24)15-5-8-25-11-15/h2-3,5-6,8,11,14H,4,7,9-10,12-13H2,1H3/t14-/m0/s1. The lowest BCUT2D eigenvalue weighted by Crippen LogP contribution is -2.72. The lowest BCUT2D eigenvalue weighted by atomic mass is 9.75. The van der Waals surface area contributed by atoms with Crippen LogP contribution in [0, 0.1) is 11.7 Å². The van der Waals surface area contributed by atoms with Gasteiger partial charge in [0.1, 0.15) is 6.26 Å². The van der Waals surface area contributed by atoms with Gasteiger partial charge in [0.05, 0.1) is 24.0 Å². The van der Waals surface area contributed by atoms with E-state index in [0.717, 1.165) is 19.4 Å². The normalized spacial score (nSPS) is 22.2. The molecule has 6 nitrogen and oxygen atoms in total. The number of rotatable bonds is 4. The molecule has 2 aliphatic heterocycles. The molecule has 2 fully saturated rings. The fourth-order valence-electron chi connectivity index (χ4n) is 3.97. The molecule has 2 aromatic heterocycles. The van der Waals surface area contributed by atoms with Crippen molar-refractivity contribution >= 4 is 5.91 Å². The van der Waals surface area contributed by atoms with Gasteiger partial charge in [-0.2, -0.15) is 0 Å². The number of carbonyl (C=O) groups is 1. The number of hydrogen-bond donors (Lipinski definition) is 0. The highest BCUT2D eigenvalue weighted by Crippen LogP contribution is 2.39. The second-order valence-electron chi connectivity index (χ2n) is 7.28. The zero-order chi connectivity index (χ0) is 18.1. The van der Waals surface area contributed by atoms with Gasteiger partial charge in [0.2, 0.25) is 5.88 Å². The fraction of sp³-hybridized carbons (Fsp3) is 0.474. The van der Waals surface area contributed by atoms with Crippen LogP contribution in [0.15, 0.2) is 41.3 Å². The highest BCUT2D eigenvalue weighted by atomic mass is 19.1. The first-order valence-corrected chi connectivity index (χ1v) is 8.83. The Labute approximate surface area is 151 Å². The molecule has 4 rings (SSSR count). The maximum Gasteiger partial charge on any atom is 0.257 e. The summed E-state index contributed by atoms with van der Waals surface area (Å²) < 4.78 is 24.3. The van der Waals surface area contributed by atoms with E-state index in [4.69, 9.17) is 9.15 Å². The Morgan fingerprint density at radius 3 is 3.04 bits per heavy atom. The van der Waals surface area contributed by atoms with E-state index in [1.165, 1.54) is 24.8 Å². The second kappa shape index (κ2) is 6.72. The Morgan fingerprint density at radius 1 is 1.46 bits per heavy atom. The Balaban J connectivity index is 1.36. The summed E-state index contributed by atoms with van der Waals surface area (Å²) in [4.78, 5) is 20.6. The summed E-state index contributed by atoms with van der Waals surface area (Å²) in [7, 11) is 2.11. The van der Waals surface area contributed by atoms with Crippen LogP contribution in [-0.2, 0) is 0 Å². The molecule has 0 aromatic carbocycles. The number of likely N-dealkylation sites (N-methyl/N-ethyl adjacent to an activating group) is 1. The summed E-state index contributed by atoms with van der Waals surface area (Å²) in [6, 6.07) is 4.59. The van der Waals surface area contributed by atoms with Crippen LogP contribution < -0.4 is 4.74 Å². The van der Waals surface area contributed by atoms with Crippen molar-refractivity contribution in [2.45, 2.75) is 18.4 Å². The van der Waals surface area contributed by atoms with E-state index in [0.29, 0.717) is 31.2 Å². The number of furan rings is 1. The lowest BCUT2D eigenvalue weighted by Gasteiger charge is -2.58. The number of likely N-dealkylation sites (tertiary alicyclic amines) is 2. The predicted molar refractivity (Wildman–Crippen MR) is 92.4 cm³/mol. The van der Waals surface area contributed by atoms with Crippen LogP contribution in [0.5, 0.6) is 5.88 Å². The number of aromatic nitrogens is 1. The van der Waals surface area contributed by atoms with Crippen LogP contribution in [-0.4, -0.2) is 59.5 Å². The molecule has 0 radical (unpaired) electrons. The zero-order valence-electron chi connectivity index (χ0n) is 14.7. The van der Waals surface area contributed by atoms with Crippen molar-refractivity contribution in [2.24, 2.45) is 5.92 Å². The summed E-state index contributed by atoms with van der Waals surface area (Å²) in [5.41, 5.74) is 0.567. The van der Waals surface area contributed by atoms with Crippen LogP contribution in [0.25, 0.3) is 0 Å². The maximum atomic E-state index is 13.7. The van der Waals surface area contributed by atoms with Crippen molar-refractivity contribution in [1.82, 2.24) is 14.8 Å². The molecule has 1 atom stereocenters. The van der Waals surface area contributed by atoms with E-state index in [-0.39, 0.29) is 17.3 Å². The first-order valence-electron chi connectivity index (χ1n) is 8.83. The molecule has 1 amide bonds. The van der Waals surface area contributed by atoms with E-state index < -0.39 is 5.82 Å². The first kappa shape index (κ1) is 17.0. The molecule has 7 heteroatoms. The minimum atomic E-state index is -0.435. The third-order valence-electron chi connectivity index (χ3n) is 5.56. The molecule has 2 aromatic rings. The Kier molecular flexibility index (Phi) is 4.40. The summed E-state index contributed by atoms with van der Waals surface area (Å²) in [6.07, 6.45) is 6.44. The van der Waals surface area contributed by atoms with Gasteiger partial charge in [0, 0.05) is 19.3 Å². The Hall–Kier alpha value is -2.41. The minimum absolute atomic E-state index is 0.00621. The average molecular weight is 359 g/mol. The van der Waals surface area contributed by atoms with E-state index in [1.54, 1.807) is 12.1 Å². The maximum absolute atomic E-state index is 13.7. The van der Waals surface area contributed by atoms with E-state index in [2.05, 4.69) is 16.9 Å². The number of ether oxygens (including phenoxy) is 1. The van der Waals surface area contributed by atoms with Crippen LogP contribution in [0.2, 0.25) is 0 Å². The summed E-state index contributed by atoms with van der Waals surface area (Å²) in [6.45, 7) is 2.77. The van der Waals surface area contributed by atoms with Crippen molar-refractivity contribution in [3.8, 4) is 5.88 Å². The smallest absolute Gasteiger partial charge is 0.257 e. The average Bonchev–Trinajstić information content (AvgIpc) is 3.14. The minimum Gasteiger partial charge on any atom is -0.475 e. The topological polar surface area (TPSA) is 58.8 Å². The third kappa shape index (κ3) is 3.07. The van der Waals surface area contributed by atoms with Crippen LogP contribution in [0.1, 0.15) is 23.2 Å². The van der Waals surface area contributed by atoms with Crippen LogP contribution >= 0.6 is 0 Å². The molecule has 138 valence electrons. The van der Waals surface area contributed by atoms with Crippen molar-refractivity contribution < 1.29 is 18.3 Å². The van der Waals surface area contributed by atoms with Crippen molar-refractivity contribution in [1.29, 1.82) is 0 Å². The molecular formula is C19H22FN3O3. The van der Waals surface area contributed by atoms with E-state index in [1.807, 2.05) is 4.90 Å². The number of halogens is 1. The SMILES string of the molecule is CN1CC[C@H](COc2ncccc2F)CC12CN(C(=O)c1ccoc1)C2. The quantitative estimate of drug-likeness (QED) is 0.839. The van der Waals surface area contributed by atoms with Gasteiger partial charge in [0.25, 0.3) is 5.91 Å². The summed E-state index contributed by atoms with van der Waals surface area (Å²) in [5, 5.41) is 0. The summed E-state index contributed by atoms with van der Waals surface area (Å²) >= 11 is 0. The number of carbonyl (C=O) groups excluding carboxylic acids is 1. The number of amides is 1. The first-order chi connectivity index (χ1) is 12.6. The number of nitrogens with zero attached hydrogens (tertiary/aromatic N) is 3. The fourth-order valence-corrected chi connectivity index (χ4v) is 3.97. The van der Waals surface area contributed by atoms with Gasteiger partial charge in [-0.1, -0.05) is 0 Å². The van der Waals surface area contributed by atoms with Gasteiger partial charge in [-0.25, -0.2) is 9.37 Å². The Morgan fingerprint density at radius 2 is 2.31 bits per heavy atom. The van der Waals surface area contributed by atoms with Gasteiger partial charge in [-0.3, -0.25) is 9.69 Å².